The van der Waals surface area contributed by atoms with Crippen LogP contribution in [0.3, 0.4) is 0 Å². The number of hydrogen-bond acceptors (Lipinski definition) is 5. The van der Waals surface area contributed by atoms with Crippen LogP contribution < -0.4 is 5.32 Å². The van der Waals surface area contributed by atoms with Crippen molar-refractivity contribution >= 4 is 16.8 Å². The van der Waals surface area contributed by atoms with E-state index < -0.39 is 16.8 Å². The predicted octanol–water partition coefficient (Wildman–Crippen LogP) is 2.56. The van der Waals surface area contributed by atoms with E-state index in [1.165, 1.54) is 32.5 Å². The van der Waals surface area contributed by atoms with Gasteiger partial charge in [-0.2, -0.15) is 0 Å². The lowest BCUT2D eigenvalue weighted by Gasteiger charge is -2.31. The summed E-state index contributed by atoms with van der Waals surface area (Å²) in [4.78, 5) is 2.53. The summed E-state index contributed by atoms with van der Waals surface area (Å²) in [5, 5.41) is 3.40. The summed E-state index contributed by atoms with van der Waals surface area (Å²) in [6, 6.07) is 1.11. The van der Waals surface area contributed by atoms with Crippen molar-refractivity contribution in [1.29, 1.82) is 0 Å². The van der Waals surface area contributed by atoms with Gasteiger partial charge in [0, 0.05) is 46.4 Å². The molecular formula is C17H41N3O2Si2. The highest BCUT2D eigenvalue weighted by Gasteiger charge is 2.29. The van der Waals surface area contributed by atoms with Crippen LogP contribution in [0, 0.1) is 0 Å². The summed E-state index contributed by atoms with van der Waals surface area (Å²) in [7, 11) is 0.999. The van der Waals surface area contributed by atoms with Crippen molar-refractivity contribution in [3.63, 3.8) is 0 Å². The highest BCUT2D eigenvalue weighted by molar-refractivity contribution is 6.73. The Morgan fingerprint density at radius 2 is 1.71 bits per heavy atom. The molecule has 5 nitrogen and oxygen atoms in total. The summed E-state index contributed by atoms with van der Waals surface area (Å²) in [5.74, 6) is 0. The van der Waals surface area contributed by atoms with Gasteiger partial charge in [-0.15, -0.1) is 0 Å². The third-order valence-corrected chi connectivity index (χ3v) is 10.6. The molecule has 1 N–H and O–H groups in total. The lowest BCUT2D eigenvalue weighted by molar-refractivity contribution is 0.176. The Morgan fingerprint density at radius 1 is 1.04 bits per heavy atom. The largest absolute Gasteiger partial charge is 0.398 e. The molecule has 0 amide bonds. The molecule has 0 bridgehead atoms. The maximum absolute atomic E-state index is 6.21. The summed E-state index contributed by atoms with van der Waals surface area (Å²) < 4.78 is 14.6. The van der Waals surface area contributed by atoms with E-state index in [4.69, 9.17) is 8.85 Å². The van der Waals surface area contributed by atoms with E-state index in [1.807, 2.05) is 7.11 Å². The van der Waals surface area contributed by atoms with Crippen LogP contribution in [0.2, 0.25) is 32.2 Å². The minimum atomic E-state index is -1.97. The van der Waals surface area contributed by atoms with Crippen LogP contribution in [0.25, 0.3) is 0 Å². The zero-order valence-corrected chi connectivity index (χ0v) is 19.0. The quantitative estimate of drug-likeness (QED) is 0.419. The third-order valence-electron chi connectivity index (χ3n) is 5.19. The molecular weight excluding hydrogens is 334 g/mol. The molecule has 7 heteroatoms. The fraction of sp³-hybridized carbons (Fsp3) is 1.00. The fourth-order valence-electron chi connectivity index (χ4n) is 2.87. The van der Waals surface area contributed by atoms with Crippen molar-refractivity contribution in [3.8, 4) is 0 Å². The van der Waals surface area contributed by atoms with Gasteiger partial charge in [-0.1, -0.05) is 26.1 Å². The molecule has 144 valence electrons. The molecule has 0 radical (unpaired) electrons. The van der Waals surface area contributed by atoms with Crippen molar-refractivity contribution < 1.29 is 8.85 Å². The molecule has 1 rings (SSSR count). The first-order valence-corrected chi connectivity index (χ1v) is 15.6. The van der Waals surface area contributed by atoms with Gasteiger partial charge in [0.1, 0.15) is 8.24 Å². The van der Waals surface area contributed by atoms with Gasteiger partial charge in [-0.25, -0.2) is 0 Å². The molecule has 0 aromatic carbocycles. The van der Waals surface area contributed by atoms with Crippen molar-refractivity contribution in [1.82, 2.24) is 14.8 Å². The SMILES string of the molecule is CO[Si](C)(CCCCN(C)[Si](C)(C)C)OCCCN1CCNCC1. The number of piperazine rings is 1. The average molecular weight is 376 g/mol. The Hall–Kier alpha value is 0.234. The van der Waals surface area contributed by atoms with Gasteiger partial charge in [0.05, 0.1) is 0 Å². The normalized spacial score (nSPS) is 19.6. The van der Waals surface area contributed by atoms with Gasteiger partial charge in [-0.05, 0) is 39.0 Å². The molecule has 1 atom stereocenters. The lowest BCUT2D eigenvalue weighted by atomic mass is 10.3. The van der Waals surface area contributed by atoms with E-state index in [2.05, 4.69) is 48.0 Å². The fourth-order valence-corrected chi connectivity index (χ4v) is 5.64. The molecule has 0 aromatic rings. The molecule has 1 saturated heterocycles. The van der Waals surface area contributed by atoms with Gasteiger partial charge >= 0.3 is 8.56 Å². The Bertz CT molecular complexity index is 336. The number of nitrogens with zero attached hydrogens (tertiary/aromatic N) is 2. The number of rotatable bonds is 12. The van der Waals surface area contributed by atoms with E-state index in [9.17, 15) is 0 Å². The van der Waals surface area contributed by atoms with Crippen molar-refractivity contribution in [2.75, 3.05) is 60.0 Å². The van der Waals surface area contributed by atoms with E-state index in [0.29, 0.717) is 0 Å². The predicted molar refractivity (Wildman–Crippen MR) is 109 cm³/mol. The monoisotopic (exact) mass is 375 g/mol. The molecule has 1 heterocycles. The second kappa shape index (κ2) is 11.1. The van der Waals surface area contributed by atoms with Gasteiger partial charge in [-0.3, -0.25) is 0 Å². The summed E-state index contributed by atoms with van der Waals surface area (Å²) in [6.45, 7) is 17.2. The van der Waals surface area contributed by atoms with E-state index in [0.717, 1.165) is 38.7 Å². The number of unbranched alkanes of at least 4 members (excludes halogenated alkanes) is 1. The minimum absolute atomic E-state index is 0.843. The number of hydrogen-bond donors (Lipinski definition) is 1. The molecule has 0 saturated carbocycles. The van der Waals surface area contributed by atoms with Crippen molar-refractivity contribution in [3.05, 3.63) is 0 Å². The van der Waals surface area contributed by atoms with E-state index >= 15 is 0 Å². The molecule has 0 spiro atoms. The second-order valence-corrected chi connectivity index (χ2v) is 16.8. The lowest BCUT2D eigenvalue weighted by Crippen LogP contribution is -2.44. The van der Waals surface area contributed by atoms with Gasteiger partial charge < -0.3 is 23.6 Å². The van der Waals surface area contributed by atoms with Crippen molar-refractivity contribution in [2.24, 2.45) is 0 Å². The summed E-state index contributed by atoms with van der Waals surface area (Å²) in [5.41, 5.74) is 0. The van der Waals surface area contributed by atoms with Gasteiger partial charge in [0.15, 0.2) is 0 Å². The first-order valence-electron chi connectivity index (χ1n) is 9.60. The zero-order valence-electron chi connectivity index (χ0n) is 17.0. The Balaban J connectivity index is 2.15. The van der Waals surface area contributed by atoms with Crippen LogP contribution in [0.1, 0.15) is 19.3 Å². The Labute approximate surface area is 152 Å². The highest BCUT2D eigenvalue weighted by Crippen LogP contribution is 2.18. The smallest absolute Gasteiger partial charge is 0.334 e. The molecule has 24 heavy (non-hydrogen) atoms. The van der Waals surface area contributed by atoms with E-state index in [1.54, 1.807) is 0 Å². The number of nitrogens with one attached hydrogen (secondary N) is 1. The zero-order chi connectivity index (χ0) is 18.1. The molecule has 1 aliphatic rings. The maximum atomic E-state index is 6.21. The van der Waals surface area contributed by atoms with Crippen LogP contribution >= 0.6 is 0 Å². The minimum Gasteiger partial charge on any atom is -0.398 e. The van der Waals surface area contributed by atoms with Crippen LogP contribution in [-0.4, -0.2) is 86.3 Å². The first-order chi connectivity index (χ1) is 11.3. The molecule has 1 unspecified atom stereocenters. The topological polar surface area (TPSA) is 37.0 Å². The summed E-state index contributed by atoms with van der Waals surface area (Å²) in [6.07, 6.45) is 3.57. The molecule has 1 fully saturated rings. The van der Waals surface area contributed by atoms with Crippen LogP contribution in [-0.2, 0) is 8.85 Å². The summed E-state index contributed by atoms with van der Waals surface area (Å²) >= 11 is 0. The van der Waals surface area contributed by atoms with Crippen LogP contribution in [0.4, 0.5) is 0 Å². The average Bonchev–Trinajstić information content (AvgIpc) is 2.55. The molecule has 0 aliphatic carbocycles. The van der Waals surface area contributed by atoms with Crippen LogP contribution in [0.5, 0.6) is 0 Å². The second-order valence-electron chi connectivity index (χ2n) is 8.18. The molecule has 0 aromatic heterocycles. The Morgan fingerprint density at radius 3 is 2.29 bits per heavy atom. The third kappa shape index (κ3) is 9.08. The van der Waals surface area contributed by atoms with E-state index in [-0.39, 0.29) is 0 Å². The first kappa shape index (κ1) is 22.3. The van der Waals surface area contributed by atoms with Crippen molar-refractivity contribution in [2.45, 2.75) is 51.5 Å². The highest BCUT2D eigenvalue weighted by atomic mass is 28.4. The van der Waals surface area contributed by atoms with Gasteiger partial charge in [0.2, 0.25) is 0 Å². The Kier molecular flexibility index (Phi) is 10.3. The van der Waals surface area contributed by atoms with Gasteiger partial charge in [0.25, 0.3) is 0 Å². The molecule has 1 aliphatic heterocycles. The van der Waals surface area contributed by atoms with Crippen LogP contribution in [0.15, 0.2) is 0 Å². The maximum Gasteiger partial charge on any atom is 0.334 e. The standard InChI is InChI=1S/C17H41N3O2Si2/c1-19(23(3,4)5)12-7-8-17-24(6,21-2)22-16-9-13-20-14-10-18-11-15-20/h18H,7-17H2,1-6H3.